The zero-order valence-corrected chi connectivity index (χ0v) is 19.7. The Hall–Kier alpha value is -4.73. The van der Waals surface area contributed by atoms with E-state index in [4.69, 9.17) is 15.0 Å². The van der Waals surface area contributed by atoms with Crippen LogP contribution in [0.1, 0.15) is 40.2 Å². The largest absolute Gasteiger partial charge is 0.438 e. The topological polar surface area (TPSA) is 136 Å². The molecule has 36 heavy (non-hydrogen) atoms. The van der Waals surface area contributed by atoms with Gasteiger partial charge in [-0.15, -0.1) is 0 Å². The van der Waals surface area contributed by atoms with Crippen LogP contribution < -0.4 is 10.5 Å². The minimum Gasteiger partial charge on any atom is -0.438 e. The maximum Gasteiger partial charge on any atom is 0.234 e. The zero-order chi connectivity index (χ0) is 25.1. The third-order valence-electron chi connectivity index (χ3n) is 5.85. The van der Waals surface area contributed by atoms with Gasteiger partial charge in [0.1, 0.15) is 5.75 Å². The predicted molar refractivity (Wildman–Crippen MR) is 134 cm³/mol. The number of aromatic nitrogens is 4. The van der Waals surface area contributed by atoms with Crippen LogP contribution in [-0.2, 0) is 0 Å². The molecule has 2 aromatic heterocycles. The summed E-state index contributed by atoms with van der Waals surface area (Å²) in [6, 6.07) is 14.2. The second-order valence-corrected chi connectivity index (χ2v) is 8.37. The lowest BCUT2D eigenvalue weighted by molar-refractivity contribution is 0.103. The number of allylic oxidation sites excluding steroid dienone is 1. The van der Waals surface area contributed by atoms with Gasteiger partial charge < -0.3 is 24.9 Å². The van der Waals surface area contributed by atoms with Crippen molar-refractivity contribution in [1.82, 2.24) is 25.0 Å². The fourth-order valence-electron chi connectivity index (χ4n) is 4.10. The van der Waals surface area contributed by atoms with E-state index in [1.54, 1.807) is 43.5 Å². The summed E-state index contributed by atoms with van der Waals surface area (Å²) in [6.45, 7) is 6.79. The number of hydrogen-bond acceptors (Lipinski definition) is 9. The Morgan fingerprint density at radius 2 is 2.06 bits per heavy atom. The van der Waals surface area contributed by atoms with Crippen LogP contribution in [0.2, 0.25) is 0 Å². The number of nitrogens with one attached hydrogen (secondary N) is 1. The molecule has 1 atom stereocenters. The van der Waals surface area contributed by atoms with Gasteiger partial charge in [0.25, 0.3) is 0 Å². The highest BCUT2D eigenvalue weighted by Crippen LogP contribution is 2.30. The Morgan fingerprint density at radius 1 is 1.25 bits per heavy atom. The Bertz CT molecular complexity index is 1430. The highest BCUT2D eigenvalue weighted by atomic mass is 16.5. The molecular weight excluding hydrogens is 458 g/mol. The molecule has 10 heteroatoms. The Kier molecular flexibility index (Phi) is 6.31. The Balaban J connectivity index is 1.32. The molecule has 1 fully saturated rings. The summed E-state index contributed by atoms with van der Waals surface area (Å²) in [7, 11) is 0. The lowest BCUT2D eigenvalue weighted by atomic mass is 10.1. The van der Waals surface area contributed by atoms with Crippen molar-refractivity contribution >= 4 is 23.0 Å². The molecule has 0 radical (unpaired) electrons. The van der Waals surface area contributed by atoms with E-state index in [0.717, 1.165) is 17.5 Å². The zero-order valence-electron chi connectivity index (χ0n) is 19.7. The minimum absolute atomic E-state index is 0.0801. The van der Waals surface area contributed by atoms with Gasteiger partial charge in [-0.2, -0.15) is 4.98 Å². The van der Waals surface area contributed by atoms with Crippen molar-refractivity contribution in [2.75, 3.05) is 13.1 Å². The van der Waals surface area contributed by atoms with Crippen molar-refractivity contribution in [2.24, 2.45) is 10.7 Å². The van der Waals surface area contributed by atoms with Crippen molar-refractivity contribution in [1.29, 1.82) is 0 Å². The molecule has 1 saturated heterocycles. The monoisotopic (exact) mass is 483 g/mol. The lowest BCUT2D eigenvalue weighted by Gasteiger charge is -2.20. The minimum atomic E-state index is -0.211. The average Bonchev–Trinajstić information content (AvgIpc) is 3.64. The number of carbonyl (C=O) groups excluding carboxylic acids is 1. The standard InChI is InChI=1S/C26H25N7O3/c1-3-13-28-25(33-14-12-18(15-33)26-29-16(2)32-36-26)23(27)35-19-10-8-17(9-11-19)22(34)24-30-20-6-4-5-7-21(20)31-24/h3-11,13,18H,1,12,14-15,27H2,2H3,(H,30,31)/b25-23-,28-13?/t18-/m0/s1. The summed E-state index contributed by atoms with van der Waals surface area (Å²) in [5.41, 5.74) is 8.35. The molecule has 0 spiro atoms. The number of aliphatic imine (C=N–C) groups is 1. The highest BCUT2D eigenvalue weighted by molar-refractivity contribution is 6.08. The number of benzene rings is 2. The number of aryl methyl sites for hydroxylation is 1. The Labute approximate surface area is 207 Å². The first-order valence-corrected chi connectivity index (χ1v) is 11.5. The predicted octanol–water partition coefficient (Wildman–Crippen LogP) is 3.70. The summed E-state index contributed by atoms with van der Waals surface area (Å²) in [5.74, 6) is 2.45. The smallest absolute Gasteiger partial charge is 0.234 e. The maximum absolute atomic E-state index is 12.9. The first kappa shape index (κ1) is 23.0. The third-order valence-corrected chi connectivity index (χ3v) is 5.85. The molecule has 3 heterocycles. The van der Waals surface area contributed by atoms with Gasteiger partial charge in [-0.3, -0.25) is 4.79 Å². The van der Waals surface area contributed by atoms with E-state index < -0.39 is 0 Å². The number of nitrogens with zero attached hydrogens (tertiary/aromatic N) is 5. The molecule has 0 bridgehead atoms. The number of imidazole rings is 1. The second kappa shape index (κ2) is 9.87. The molecule has 1 aliphatic rings. The molecule has 0 unspecified atom stereocenters. The van der Waals surface area contributed by atoms with Crippen LogP contribution >= 0.6 is 0 Å². The summed E-state index contributed by atoms with van der Waals surface area (Å²) in [6.07, 6.45) is 3.95. The normalized spacial score (nSPS) is 16.5. The van der Waals surface area contributed by atoms with Crippen LogP contribution in [0.15, 0.2) is 82.4 Å². The Morgan fingerprint density at radius 3 is 2.78 bits per heavy atom. The van der Waals surface area contributed by atoms with Gasteiger partial charge in [0.15, 0.2) is 17.5 Å². The quantitative estimate of drug-likeness (QED) is 0.220. The van der Waals surface area contributed by atoms with Crippen LogP contribution in [0, 0.1) is 6.92 Å². The van der Waals surface area contributed by atoms with Crippen LogP contribution in [-0.4, -0.2) is 50.1 Å². The van der Waals surface area contributed by atoms with E-state index in [2.05, 4.69) is 31.7 Å². The van der Waals surface area contributed by atoms with Gasteiger partial charge in [-0.05, 0) is 49.7 Å². The molecule has 0 saturated carbocycles. The third kappa shape index (κ3) is 4.74. The molecule has 5 rings (SSSR count). The summed E-state index contributed by atoms with van der Waals surface area (Å²) >= 11 is 0. The molecule has 2 aromatic carbocycles. The number of para-hydroxylation sites is 2. The van der Waals surface area contributed by atoms with Crippen LogP contribution in [0.5, 0.6) is 5.75 Å². The van der Waals surface area contributed by atoms with Crippen LogP contribution in [0.3, 0.4) is 0 Å². The molecule has 0 amide bonds. The molecule has 182 valence electrons. The number of rotatable bonds is 8. The molecule has 4 aromatic rings. The van der Waals surface area contributed by atoms with E-state index >= 15 is 0 Å². The number of carbonyl (C=O) groups is 1. The van der Waals surface area contributed by atoms with Crippen LogP contribution in [0.25, 0.3) is 11.0 Å². The van der Waals surface area contributed by atoms with Gasteiger partial charge in [0, 0.05) is 24.9 Å². The van der Waals surface area contributed by atoms with Crippen molar-refractivity contribution in [3.8, 4) is 5.75 Å². The van der Waals surface area contributed by atoms with Crippen LogP contribution in [0.4, 0.5) is 0 Å². The van der Waals surface area contributed by atoms with Crippen molar-refractivity contribution in [3.63, 3.8) is 0 Å². The second-order valence-electron chi connectivity index (χ2n) is 8.37. The highest BCUT2D eigenvalue weighted by Gasteiger charge is 2.30. The van der Waals surface area contributed by atoms with Gasteiger partial charge in [-0.1, -0.05) is 29.9 Å². The van der Waals surface area contributed by atoms with E-state index in [-0.39, 0.29) is 23.4 Å². The van der Waals surface area contributed by atoms with Crippen molar-refractivity contribution in [3.05, 3.63) is 96.0 Å². The van der Waals surface area contributed by atoms with Gasteiger partial charge >= 0.3 is 0 Å². The molecule has 0 aliphatic carbocycles. The lowest BCUT2D eigenvalue weighted by Crippen LogP contribution is -2.24. The first-order chi connectivity index (χ1) is 17.5. The van der Waals surface area contributed by atoms with E-state index in [0.29, 0.717) is 41.9 Å². The fourth-order valence-corrected chi connectivity index (χ4v) is 4.10. The number of aromatic amines is 1. The maximum atomic E-state index is 12.9. The van der Waals surface area contributed by atoms with E-state index in [1.807, 2.05) is 29.2 Å². The SMILES string of the molecule is C=CC=N/C(=C(\N)Oc1ccc(C(=O)c2nc3ccccc3[nH]2)cc1)N1CC[C@H](c2nc(C)no2)C1. The average molecular weight is 484 g/mol. The van der Waals surface area contributed by atoms with Crippen molar-refractivity contribution in [2.45, 2.75) is 19.3 Å². The molecule has 10 nitrogen and oxygen atoms in total. The number of H-pyrrole nitrogens is 1. The molecule has 3 N–H and O–H groups in total. The number of likely N-dealkylation sites (tertiary alicyclic amines) is 1. The summed E-state index contributed by atoms with van der Waals surface area (Å²) in [4.78, 5) is 31.1. The fraction of sp³-hybridized carbons (Fsp3) is 0.192. The number of hydrogen-bond donors (Lipinski definition) is 2. The van der Waals surface area contributed by atoms with Gasteiger partial charge in [0.05, 0.1) is 17.0 Å². The first-order valence-electron chi connectivity index (χ1n) is 11.5. The molecular formula is C26H25N7O3. The van der Waals surface area contributed by atoms with E-state index in [1.165, 1.54) is 0 Å². The number of ketones is 1. The summed E-state index contributed by atoms with van der Waals surface area (Å²) in [5, 5.41) is 3.88. The van der Waals surface area contributed by atoms with Gasteiger partial charge in [0.2, 0.25) is 17.6 Å². The van der Waals surface area contributed by atoms with Gasteiger partial charge in [-0.25, -0.2) is 9.98 Å². The van der Waals surface area contributed by atoms with E-state index in [9.17, 15) is 4.79 Å². The summed E-state index contributed by atoms with van der Waals surface area (Å²) < 4.78 is 11.2. The number of nitrogens with two attached hydrogens (primary N) is 1. The number of fused-ring (bicyclic) bond motifs is 1. The van der Waals surface area contributed by atoms with Crippen molar-refractivity contribution < 1.29 is 14.1 Å². The molecule has 1 aliphatic heterocycles. The number of ether oxygens (including phenoxy) is 1.